The number of hydrogen-bond acceptors (Lipinski definition) is 4. The summed E-state index contributed by atoms with van der Waals surface area (Å²) in [4.78, 5) is 5.00. The number of rotatable bonds is 6. The predicted octanol–water partition coefficient (Wildman–Crippen LogP) is 5.31. The second-order valence-electron chi connectivity index (χ2n) is 8.54. The summed E-state index contributed by atoms with van der Waals surface area (Å²) in [5.74, 6) is 0.947. The molecule has 4 nitrogen and oxygen atoms in total. The van der Waals surface area contributed by atoms with Crippen molar-refractivity contribution < 1.29 is 9.84 Å². The number of nitrogens with zero attached hydrogens (tertiary/aromatic N) is 2. The number of likely N-dealkylation sites (tertiary alicyclic amines) is 1. The van der Waals surface area contributed by atoms with Crippen LogP contribution in [0.4, 0.5) is 11.4 Å². The zero-order valence-electron chi connectivity index (χ0n) is 17.9. The van der Waals surface area contributed by atoms with Crippen LogP contribution in [-0.4, -0.2) is 35.7 Å². The van der Waals surface area contributed by atoms with Crippen molar-refractivity contribution in [2.75, 3.05) is 24.5 Å². The highest BCUT2D eigenvalue weighted by molar-refractivity contribution is 5.72. The first-order valence-electron chi connectivity index (χ1n) is 11.3. The minimum Gasteiger partial charge on any atom is -0.487 e. The Balaban J connectivity index is 1.34. The van der Waals surface area contributed by atoms with Gasteiger partial charge in [-0.1, -0.05) is 60.7 Å². The van der Waals surface area contributed by atoms with Gasteiger partial charge in [0, 0.05) is 30.4 Å². The van der Waals surface area contributed by atoms with E-state index in [-0.39, 0.29) is 0 Å². The maximum absolute atomic E-state index is 10.6. The Morgan fingerprint density at radius 3 is 2.52 bits per heavy atom. The lowest BCUT2D eigenvalue weighted by Crippen LogP contribution is -2.39. The SMILES string of the molecule is O[C@H](CCN1CCC[C@@H]1CN1c2ccccc2COc2ccccc21)c1ccccc1. The molecule has 160 valence electrons. The van der Waals surface area contributed by atoms with E-state index in [1.807, 2.05) is 36.4 Å². The standard InChI is InChI=1S/C27H30N2O2/c30-26(21-9-2-1-3-10-21)16-18-28-17-8-12-23(28)19-29-24-13-5-4-11-22(24)20-31-27-15-7-6-14-25(27)29/h1-7,9-11,13-15,23,26,30H,8,12,16-20H2/t23-,26-/m1/s1. The molecule has 2 heterocycles. The van der Waals surface area contributed by atoms with Crippen LogP contribution >= 0.6 is 0 Å². The normalized spacial score (nSPS) is 19.3. The number of ether oxygens (including phenoxy) is 1. The lowest BCUT2D eigenvalue weighted by Gasteiger charge is -2.33. The molecule has 1 fully saturated rings. The van der Waals surface area contributed by atoms with Crippen LogP contribution in [0, 0.1) is 0 Å². The summed E-state index contributed by atoms with van der Waals surface area (Å²) in [7, 11) is 0. The average Bonchev–Trinajstić information content (AvgIpc) is 3.21. The molecule has 0 aromatic heterocycles. The number of anilines is 2. The van der Waals surface area contributed by atoms with Gasteiger partial charge in [0.05, 0.1) is 11.8 Å². The van der Waals surface area contributed by atoms with Gasteiger partial charge in [-0.25, -0.2) is 0 Å². The first kappa shape index (κ1) is 20.1. The molecule has 0 aliphatic carbocycles. The molecule has 0 amide bonds. The maximum atomic E-state index is 10.6. The van der Waals surface area contributed by atoms with Crippen molar-refractivity contribution in [3.8, 4) is 5.75 Å². The summed E-state index contributed by atoms with van der Waals surface area (Å²) < 4.78 is 6.14. The average molecular weight is 415 g/mol. The number of aliphatic hydroxyl groups is 1. The van der Waals surface area contributed by atoms with Crippen LogP contribution in [0.3, 0.4) is 0 Å². The summed E-state index contributed by atoms with van der Waals surface area (Å²) in [6.45, 7) is 3.54. The molecule has 4 heteroatoms. The van der Waals surface area contributed by atoms with Gasteiger partial charge in [0.15, 0.2) is 0 Å². The highest BCUT2D eigenvalue weighted by Crippen LogP contribution is 2.40. The molecule has 31 heavy (non-hydrogen) atoms. The Bertz CT molecular complexity index is 959. The fraction of sp³-hybridized carbons (Fsp3) is 0.333. The first-order chi connectivity index (χ1) is 15.3. The van der Waals surface area contributed by atoms with Crippen molar-refractivity contribution in [3.05, 3.63) is 90.0 Å². The third-order valence-electron chi connectivity index (χ3n) is 6.59. The largest absolute Gasteiger partial charge is 0.487 e. The molecule has 0 radical (unpaired) electrons. The molecule has 3 aromatic rings. The Labute approximate surface area is 184 Å². The number of para-hydroxylation sites is 3. The van der Waals surface area contributed by atoms with Crippen LogP contribution in [0.1, 0.15) is 36.5 Å². The molecular formula is C27H30N2O2. The van der Waals surface area contributed by atoms with Crippen LogP contribution in [0.2, 0.25) is 0 Å². The molecule has 0 spiro atoms. The Kier molecular flexibility index (Phi) is 5.92. The van der Waals surface area contributed by atoms with Gasteiger partial charge in [0.1, 0.15) is 12.4 Å². The summed E-state index contributed by atoms with van der Waals surface area (Å²) >= 11 is 0. The third-order valence-corrected chi connectivity index (χ3v) is 6.59. The monoisotopic (exact) mass is 414 g/mol. The number of hydrogen-bond donors (Lipinski definition) is 1. The number of aliphatic hydroxyl groups excluding tert-OH is 1. The van der Waals surface area contributed by atoms with Crippen molar-refractivity contribution in [2.45, 2.75) is 38.0 Å². The van der Waals surface area contributed by atoms with E-state index in [4.69, 9.17) is 4.74 Å². The van der Waals surface area contributed by atoms with E-state index in [9.17, 15) is 5.11 Å². The molecule has 0 bridgehead atoms. The molecule has 5 rings (SSSR count). The second kappa shape index (κ2) is 9.13. The quantitative estimate of drug-likeness (QED) is 0.593. The van der Waals surface area contributed by atoms with Gasteiger partial charge in [0.2, 0.25) is 0 Å². The topological polar surface area (TPSA) is 35.9 Å². The van der Waals surface area contributed by atoms with E-state index >= 15 is 0 Å². The molecule has 3 aromatic carbocycles. The van der Waals surface area contributed by atoms with Crippen molar-refractivity contribution in [3.63, 3.8) is 0 Å². The lowest BCUT2D eigenvalue weighted by molar-refractivity contribution is 0.138. The van der Waals surface area contributed by atoms with E-state index in [0.717, 1.165) is 43.1 Å². The summed E-state index contributed by atoms with van der Waals surface area (Å²) in [5, 5.41) is 10.6. The molecule has 2 atom stereocenters. The van der Waals surface area contributed by atoms with Gasteiger partial charge in [0.25, 0.3) is 0 Å². The van der Waals surface area contributed by atoms with Crippen LogP contribution < -0.4 is 9.64 Å². The van der Waals surface area contributed by atoms with E-state index in [1.165, 1.54) is 24.1 Å². The van der Waals surface area contributed by atoms with Crippen molar-refractivity contribution in [1.82, 2.24) is 4.90 Å². The fourth-order valence-electron chi connectivity index (χ4n) is 4.92. The molecule has 1 saturated heterocycles. The second-order valence-corrected chi connectivity index (χ2v) is 8.54. The smallest absolute Gasteiger partial charge is 0.143 e. The lowest BCUT2D eigenvalue weighted by atomic mass is 10.1. The molecule has 2 aliphatic heterocycles. The third kappa shape index (κ3) is 4.32. The summed E-state index contributed by atoms with van der Waals surface area (Å²) in [5.41, 5.74) is 4.61. The van der Waals surface area contributed by atoms with Gasteiger partial charge in [-0.15, -0.1) is 0 Å². The van der Waals surface area contributed by atoms with E-state index in [0.29, 0.717) is 12.6 Å². The number of fused-ring (bicyclic) bond motifs is 2. The summed E-state index contributed by atoms with van der Waals surface area (Å²) in [6.07, 6.45) is 2.75. The number of benzene rings is 3. The minimum atomic E-state index is -0.407. The predicted molar refractivity (Wildman–Crippen MR) is 125 cm³/mol. The van der Waals surface area contributed by atoms with Gasteiger partial charge < -0.3 is 14.7 Å². The Morgan fingerprint density at radius 1 is 0.903 bits per heavy atom. The molecule has 0 saturated carbocycles. The van der Waals surface area contributed by atoms with Gasteiger partial charge in [-0.2, -0.15) is 0 Å². The van der Waals surface area contributed by atoms with Crippen molar-refractivity contribution in [2.24, 2.45) is 0 Å². The van der Waals surface area contributed by atoms with Crippen molar-refractivity contribution >= 4 is 11.4 Å². The highest BCUT2D eigenvalue weighted by atomic mass is 16.5. The van der Waals surface area contributed by atoms with Crippen molar-refractivity contribution in [1.29, 1.82) is 0 Å². The minimum absolute atomic E-state index is 0.407. The molecule has 2 aliphatic rings. The van der Waals surface area contributed by atoms with Gasteiger partial charge in [-0.05, 0) is 49.6 Å². The molecular weight excluding hydrogens is 384 g/mol. The van der Waals surface area contributed by atoms with Crippen LogP contribution in [0.5, 0.6) is 5.75 Å². The summed E-state index contributed by atoms with van der Waals surface area (Å²) in [6, 6.07) is 27.4. The Morgan fingerprint density at radius 2 is 1.65 bits per heavy atom. The first-order valence-corrected chi connectivity index (χ1v) is 11.3. The van der Waals surface area contributed by atoms with E-state index in [2.05, 4.69) is 52.3 Å². The maximum Gasteiger partial charge on any atom is 0.143 e. The fourth-order valence-corrected chi connectivity index (χ4v) is 4.92. The highest BCUT2D eigenvalue weighted by Gasteiger charge is 2.30. The van der Waals surface area contributed by atoms with E-state index in [1.54, 1.807) is 0 Å². The zero-order valence-corrected chi connectivity index (χ0v) is 17.9. The van der Waals surface area contributed by atoms with Crippen LogP contribution in [0.25, 0.3) is 0 Å². The zero-order chi connectivity index (χ0) is 21.0. The Hall–Kier alpha value is -2.82. The van der Waals surface area contributed by atoms with Gasteiger partial charge >= 0.3 is 0 Å². The van der Waals surface area contributed by atoms with E-state index < -0.39 is 6.10 Å². The molecule has 0 unspecified atom stereocenters. The van der Waals surface area contributed by atoms with Crippen LogP contribution in [0.15, 0.2) is 78.9 Å². The van der Waals surface area contributed by atoms with Gasteiger partial charge in [-0.3, -0.25) is 4.90 Å². The molecule has 1 N–H and O–H groups in total. The van der Waals surface area contributed by atoms with Crippen LogP contribution in [-0.2, 0) is 6.61 Å².